The lowest BCUT2D eigenvalue weighted by molar-refractivity contribution is -0.120. The molecule has 6 heteroatoms. The van der Waals surface area contributed by atoms with Gasteiger partial charge in [0.1, 0.15) is 0 Å². The van der Waals surface area contributed by atoms with Crippen molar-refractivity contribution in [2.24, 2.45) is 0 Å². The predicted molar refractivity (Wildman–Crippen MR) is 106 cm³/mol. The van der Waals surface area contributed by atoms with Crippen LogP contribution in [0.15, 0.2) is 66.2 Å². The molecule has 0 fully saturated rings. The van der Waals surface area contributed by atoms with Gasteiger partial charge in [0.15, 0.2) is 4.96 Å². The fraction of sp³-hybridized carbons (Fsp3) is 0.100. The Morgan fingerprint density at radius 1 is 1.12 bits per heavy atom. The number of halogens is 1. The largest absolute Gasteiger partial charge is 0.352 e. The summed E-state index contributed by atoms with van der Waals surface area (Å²) in [6.45, 7) is 0.489. The lowest BCUT2D eigenvalue weighted by Crippen LogP contribution is -2.24. The molecule has 0 radical (unpaired) electrons. The quantitative estimate of drug-likeness (QED) is 0.550. The minimum atomic E-state index is -0.0189. The lowest BCUT2D eigenvalue weighted by atomic mass is 10.2. The number of imidazole rings is 1. The van der Waals surface area contributed by atoms with Gasteiger partial charge in [-0.25, -0.2) is 4.98 Å². The van der Waals surface area contributed by atoms with E-state index in [9.17, 15) is 4.79 Å². The van der Waals surface area contributed by atoms with Crippen LogP contribution in [-0.4, -0.2) is 15.3 Å². The van der Waals surface area contributed by atoms with Crippen molar-refractivity contribution in [1.82, 2.24) is 14.7 Å². The molecule has 4 rings (SSSR count). The van der Waals surface area contributed by atoms with Crippen LogP contribution in [0.3, 0.4) is 0 Å². The van der Waals surface area contributed by atoms with E-state index in [1.165, 1.54) is 0 Å². The maximum absolute atomic E-state index is 12.3. The van der Waals surface area contributed by atoms with Crippen molar-refractivity contribution in [3.63, 3.8) is 0 Å². The highest BCUT2D eigenvalue weighted by Crippen LogP contribution is 2.23. The maximum Gasteiger partial charge on any atom is 0.226 e. The summed E-state index contributed by atoms with van der Waals surface area (Å²) in [5, 5.41) is 5.62. The Balaban J connectivity index is 1.46. The molecule has 0 bridgehead atoms. The van der Waals surface area contributed by atoms with E-state index < -0.39 is 0 Å². The third-order valence-electron chi connectivity index (χ3n) is 4.10. The Kier molecular flexibility index (Phi) is 4.73. The molecule has 0 spiro atoms. The first-order valence-corrected chi connectivity index (χ1v) is 9.47. The number of amides is 1. The first-order valence-electron chi connectivity index (χ1n) is 8.21. The van der Waals surface area contributed by atoms with Gasteiger partial charge in [-0.15, -0.1) is 11.3 Å². The van der Waals surface area contributed by atoms with Crippen molar-refractivity contribution < 1.29 is 4.79 Å². The normalized spacial score (nSPS) is 11.0. The van der Waals surface area contributed by atoms with Gasteiger partial charge in [0, 0.05) is 34.4 Å². The second-order valence-corrected chi connectivity index (χ2v) is 7.22. The summed E-state index contributed by atoms with van der Waals surface area (Å²) in [4.78, 5) is 17.8. The molecule has 26 heavy (non-hydrogen) atoms. The van der Waals surface area contributed by atoms with Gasteiger partial charge in [-0.05, 0) is 17.7 Å². The molecular weight excluding hydrogens is 366 g/mol. The number of nitrogens with one attached hydrogen (secondary N) is 1. The number of benzene rings is 2. The molecule has 0 aliphatic carbocycles. The van der Waals surface area contributed by atoms with Gasteiger partial charge in [0.2, 0.25) is 5.91 Å². The number of hydrogen-bond donors (Lipinski definition) is 1. The molecule has 1 N–H and O–H groups in total. The number of carbonyl (C=O) groups is 1. The smallest absolute Gasteiger partial charge is 0.226 e. The monoisotopic (exact) mass is 381 g/mol. The number of thiazole rings is 1. The van der Waals surface area contributed by atoms with Crippen LogP contribution in [0.25, 0.3) is 16.2 Å². The van der Waals surface area contributed by atoms with Crippen molar-refractivity contribution in [3.8, 4) is 11.3 Å². The zero-order valence-electron chi connectivity index (χ0n) is 13.9. The zero-order valence-corrected chi connectivity index (χ0v) is 15.4. The van der Waals surface area contributed by atoms with E-state index in [1.54, 1.807) is 11.3 Å². The Hall–Kier alpha value is -2.63. The SMILES string of the molecule is O=C(Cc1csc2nc(-c3ccccc3)cn12)NCc1ccc(Cl)cc1. The zero-order chi connectivity index (χ0) is 17.9. The molecule has 2 aromatic carbocycles. The summed E-state index contributed by atoms with van der Waals surface area (Å²) in [5.74, 6) is -0.0189. The summed E-state index contributed by atoms with van der Waals surface area (Å²) < 4.78 is 1.99. The van der Waals surface area contributed by atoms with Crippen molar-refractivity contribution >= 4 is 33.8 Å². The van der Waals surface area contributed by atoms with E-state index >= 15 is 0 Å². The van der Waals surface area contributed by atoms with E-state index in [2.05, 4.69) is 10.3 Å². The van der Waals surface area contributed by atoms with Crippen LogP contribution in [0.2, 0.25) is 5.02 Å². The minimum Gasteiger partial charge on any atom is -0.352 e. The first kappa shape index (κ1) is 16.8. The Labute approximate surface area is 160 Å². The third kappa shape index (κ3) is 3.64. The van der Waals surface area contributed by atoms with E-state index in [0.29, 0.717) is 18.0 Å². The molecule has 2 heterocycles. The molecule has 4 aromatic rings. The number of aromatic nitrogens is 2. The summed E-state index contributed by atoms with van der Waals surface area (Å²) in [5.41, 5.74) is 3.95. The van der Waals surface area contributed by atoms with Gasteiger partial charge in [0.25, 0.3) is 0 Å². The molecule has 2 aromatic heterocycles. The summed E-state index contributed by atoms with van der Waals surface area (Å²) in [6.07, 6.45) is 2.31. The van der Waals surface area contributed by atoms with Gasteiger partial charge >= 0.3 is 0 Å². The van der Waals surface area contributed by atoms with Crippen LogP contribution in [0.5, 0.6) is 0 Å². The fourth-order valence-electron chi connectivity index (χ4n) is 2.73. The van der Waals surface area contributed by atoms with E-state index in [1.807, 2.05) is 70.6 Å². The van der Waals surface area contributed by atoms with Gasteiger partial charge in [-0.2, -0.15) is 0 Å². The number of nitrogens with zero attached hydrogens (tertiary/aromatic N) is 2. The van der Waals surface area contributed by atoms with E-state index in [-0.39, 0.29) is 5.91 Å². The molecular formula is C20H16ClN3OS. The Bertz CT molecular complexity index is 1040. The highest BCUT2D eigenvalue weighted by atomic mass is 35.5. The number of hydrogen-bond acceptors (Lipinski definition) is 3. The summed E-state index contributed by atoms with van der Waals surface area (Å²) in [7, 11) is 0. The number of fused-ring (bicyclic) bond motifs is 1. The second kappa shape index (κ2) is 7.32. The molecule has 1 amide bonds. The molecule has 130 valence electrons. The van der Waals surface area contributed by atoms with Gasteiger partial charge in [-0.3, -0.25) is 9.20 Å². The molecule has 4 nitrogen and oxygen atoms in total. The van der Waals surface area contributed by atoms with E-state index in [4.69, 9.17) is 11.6 Å². The fourth-order valence-corrected chi connectivity index (χ4v) is 3.73. The van der Waals surface area contributed by atoms with Crippen LogP contribution < -0.4 is 5.32 Å². The Morgan fingerprint density at radius 2 is 1.88 bits per heavy atom. The van der Waals surface area contributed by atoms with Crippen molar-refractivity contribution in [3.05, 3.63) is 82.5 Å². The first-order chi connectivity index (χ1) is 12.7. The highest BCUT2D eigenvalue weighted by Gasteiger charge is 2.12. The average Bonchev–Trinajstić information content (AvgIpc) is 3.24. The number of carbonyl (C=O) groups excluding carboxylic acids is 1. The number of rotatable bonds is 5. The van der Waals surface area contributed by atoms with E-state index in [0.717, 1.165) is 27.5 Å². The molecule has 0 unspecified atom stereocenters. The molecule has 0 aliphatic heterocycles. The topological polar surface area (TPSA) is 46.4 Å². The molecule has 0 saturated carbocycles. The minimum absolute atomic E-state index is 0.0189. The van der Waals surface area contributed by atoms with Gasteiger partial charge < -0.3 is 5.32 Å². The lowest BCUT2D eigenvalue weighted by Gasteiger charge is -2.05. The van der Waals surface area contributed by atoms with Crippen molar-refractivity contribution in [2.75, 3.05) is 0 Å². The van der Waals surface area contributed by atoms with Crippen LogP contribution in [0.4, 0.5) is 0 Å². The molecule has 0 saturated heterocycles. The van der Waals surface area contributed by atoms with Crippen LogP contribution in [-0.2, 0) is 17.8 Å². The van der Waals surface area contributed by atoms with Crippen molar-refractivity contribution in [1.29, 1.82) is 0 Å². The van der Waals surface area contributed by atoms with Gasteiger partial charge in [0.05, 0.1) is 12.1 Å². The molecule has 0 aliphatic rings. The van der Waals surface area contributed by atoms with Crippen LogP contribution in [0, 0.1) is 0 Å². The highest BCUT2D eigenvalue weighted by molar-refractivity contribution is 7.15. The average molecular weight is 382 g/mol. The van der Waals surface area contributed by atoms with Crippen LogP contribution >= 0.6 is 22.9 Å². The Morgan fingerprint density at radius 3 is 2.65 bits per heavy atom. The van der Waals surface area contributed by atoms with Gasteiger partial charge in [-0.1, -0.05) is 54.1 Å². The van der Waals surface area contributed by atoms with Crippen molar-refractivity contribution in [2.45, 2.75) is 13.0 Å². The standard InChI is InChI=1S/C20H16ClN3OS/c21-16-8-6-14(7-9-16)11-22-19(25)10-17-13-26-20-23-18(12-24(17)20)15-4-2-1-3-5-15/h1-9,12-13H,10-11H2,(H,22,25). The second-order valence-electron chi connectivity index (χ2n) is 5.95. The third-order valence-corrected chi connectivity index (χ3v) is 5.24. The predicted octanol–water partition coefficient (Wildman–Crippen LogP) is 4.58. The summed E-state index contributed by atoms with van der Waals surface area (Å²) >= 11 is 7.42. The van der Waals surface area contributed by atoms with Crippen LogP contribution in [0.1, 0.15) is 11.3 Å². The maximum atomic E-state index is 12.3. The summed E-state index contributed by atoms with van der Waals surface area (Å²) in [6, 6.07) is 17.5. The molecule has 0 atom stereocenters.